The summed E-state index contributed by atoms with van der Waals surface area (Å²) in [7, 11) is 0. The Morgan fingerprint density at radius 2 is 1.67 bits per heavy atom. The van der Waals surface area contributed by atoms with E-state index >= 15 is 0 Å². The van der Waals surface area contributed by atoms with Crippen LogP contribution < -0.4 is 0 Å². The molecule has 0 aliphatic rings. The largest absolute Gasteiger partial charge is 0.375 e. The van der Waals surface area contributed by atoms with Gasteiger partial charge in [0.15, 0.2) is 0 Å². The molecular formula is C14H21N. The first-order valence-corrected chi connectivity index (χ1v) is 5.82. The van der Waals surface area contributed by atoms with E-state index in [1.54, 1.807) is 0 Å². The van der Waals surface area contributed by atoms with Crippen LogP contribution in [-0.4, -0.2) is 18.0 Å². The fourth-order valence-corrected chi connectivity index (χ4v) is 1.79. The molecule has 0 aliphatic heterocycles. The van der Waals surface area contributed by atoms with Crippen molar-refractivity contribution in [3.05, 3.63) is 41.6 Å². The van der Waals surface area contributed by atoms with Crippen LogP contribution in [0.2, 0.25) is 0 Å². The molecule has 0 bridgehead atoms. The topological polar surface area (TPSA) is 3.24 Å². The van der Waals surface area contributed by atoms with Crippen LogP contribution in [0, 0.1) is 0 Å². The molecule has 0 spiro atoms. The maximum Gasteiger partial charge on any atom is 0.0146 e. The SMILES string of the molecule is CCC(=Cc1ccccc1)N(CC)CC. The van der Waals surface area contributed by atoms with Crippen molar-refractivity contribution in [2.75, 3.05) is 13.1 Å². The molecular weight excluding hydrogens is 182 g/mol. The van der Waals surface area contributed by atoms with Crippen molar-refractivity contribution in [2.24, 2.45) is 0 Å². The van der Waals surface area contributed by atoms with E-state index in [9.17, 15) is 0 Å². The molecule has 15 heavy (non-hydrogen) atoms. The number of hydrogen-bond donors (Lipinski definition) is 0. The highest BCUT2D eigenvalue weighted by molar-refractivity contribution is 5.52. The molecule has 0 unspecified atom stereocenters. The third-order valence-corrected chi connectivity index (χ3v) is 2.66. The summed E-state index contributed by atoms with van der Waals surface area (Å²) in [5.74, 6) is 0. The van der Waals surface area contributed by atoms with Crippen LogP contribution in [0.15, 0.2) is 36.0 Å². The van der Waals surface area contributed by atoms with Gasteiger partial charge in [0.05, 0.1) is 0 Å². The zero-order valence-corrected chi connectivity index (χ0v) is 10.0. The standard InChI is InChI=1S/C14H21N/c1-4-14(15(5-2)6-3)12-13-10-8-7-9-11-13/h7-12H,4-6H2,1-3H3. The summed E-state index contributed by atoms with van der Waals surface area (Å²) in [6, 6.07) is 10.5. The summed E-state index contributed by atoms with van der Waals surface area (Å²) in [4.78, 5) is 2.41. The fourth-order valence-electron chi connectivity index (χ4n) is 1.79. The highest BCUT2D eigenvalue weighted by atomic mass is 15.1. The summed E-state index contributed by atoms with van der Waals surface area (Å²) in [5.41, 5.74) is 2.72. The quantitative estimate of drug-likeness (QED) is 0.704. The van der Waals surface area contributed by atoms with Crippen molar-refractivity contribution in [2.45, 2.75) is 27.2 Å². The normalized spacial score (nSPS) is 11.5. The second kappa shape index (κ2) is 6.28. The van der Waals surface area contributed by atoms with Crippen LogP contribution in [0.4, 0.5) is 0 Å². The fraction of sp³-hybridized carbons (Fsp3) is 0.429. The van der Waals surface area contributed by atoms with Gasteiger partial charge in [-0.2, -0.15) is 0 Å². The number of nitrogens with zero attached hydrogens (tertiary/aromatic N) is 1. The minimum atomic E-state index is 1.09. The molecule has 0 amide bonds. The first-order valence-electron chi connectivity index (χ1n) is 5.82. The molecule has 82 valence electrons. The van der Waals surface area contributed by atoms with Gasteiger partial charge in [-0.25, -0.2) is 0 Å². The predicted molar refractivity (Wildman–Crippen MR) is 67.6 cm³/mol. The summed E-state index contributed by atoms with van der Waals surface area (Å²) in [5, 5.41) is 0. The average Bonchev–Trinajstić information content (AvgIpc) is 2.30. The van der Waals surface area contributed by atoms with Crippen LogP contribution in [0.1, 0.15) is 32.8 Å². The van der Waals surface area contributed by atoms with Gasteiger partial charge in [0, 0.05) is 18.8 Å². The Labute approximate surface area is 93.4 Å². The van der Waals surface area contributed by atoms with Gasteiger partial charge in [-0.1, -0.05) is 37.3 Å². The Hall–Kier alpha value is -1.24. The van der Waals surface area contributed by atoms with Gasteiger partial charge >= 0.3 is 0 Å². The Morgan fingerprint density at radius 1 is 1.07 bits per heavy atom. The average molecular weight is 203 g/mol. The summed E-state index contributed by atoms with van der Waals surface area (Å²) < 4.78 is 0. The molecule has 0 saturated carbocycles. The molecule has 0 aliphatic carbocycles. The van der Waals surface area contributed by atoms with Crippen molar-refractivity contribution >= 4 is 6.08 Å². The lowest BCUT2D eigenvalue weighted by Crippen LogP contribution is -2.21. The molecule has 0 N–H and O–H groups in total. The van der Waals surface area contributed by atoms with E-state index in [2.05, 4.69) is 62.1 Å². The molecule has 1 rings (SSSR count). The van der Waals surface area contributed by atoms with E-state index in [0.29, 0.717) is 0 Å². The molecule has 1 aromatic rings. The molecule has 0 radical (unpaired) electrons. The Morgan fingerprint density at radius 3 is 2.13 bits per heavy atom. The van der Waals surface area contributed by atoms with Crippen LogP contribution in [0.25, 0.3) is 6.08 Å². The van der Waals surface area contributed by atoms with Gasteiger partial charge < -0.3 is 4.90 Å². The van der Waals surface area contributed by atoms with Crippen molar-refractivity contribution in [1.82, 2.24) is 4.90 Å². The highest BCUT2D eigenvalue weighted by Crippen LogP contribution is 2.13. The van der Waals surface area contributed by atoms with Crippen LogP contribution in [0.3, 0.4) is 0 Å². The number of hydrogen-bond acceptors (Lipinski definition) is 1. The zero-order valence-electron chi connectivity index (χ0n) is 10.0. The van der Waals surface area contributed by atoms with Gasteiger partial charge in [-0.3, -0.25) is 0 Å². The Balaban J connectivity index is 2.86. The van der Waals surface area contributed by atoms with Crippen molar-refractivity contribution < 1.29 is 0 Å². The zero-order chi connectivity index (χ0) is 11.1. The van der Waals surface area contributed by atoms with E-state index in [0.717, 1.165) is 19.5 Å². The third kappa shape index (κ3) is 3.43. The number of rotatable bonds is 5. The van der Waals surface area contributed by atoms with Crippen molar-refractivity contribution in [1.29, 1.82) is 0 Å². The van der Waals surface area contributed by atoms with Crippen LogP contribution in [0.5, 0.6) is 0 Å². The second-order valence-corrected chi connectivity index (χ2v) is 3.57. The third-order valence-electron chi connectivity index (χ3n) is 2.66. The molecule has 0 fully saturated rings. The first-order chi connectivity index (χ1) is 7.31. The minimum absolute atomic E-state index is 1.09. The van der Waals surface area contributed by atoms with Gasteiger partial charge in [0.1, 0.15) is 0 Å². The number of benzene rings is 1. The minimum Gasteiger partial charge on any atom is -0.375 e. The van der Waals surface area contributed by atoms with E-state index in [-0.39, 0.29) is 0 Å². The maximum absolute atomic E-state index is 2.41. The van der Waals surface area contributed by atoms with E-state index in [1.165, 1.54) is 11.3 Å². The lowest BCUT2D eigenvalue weighted by molar-refractivity contribution is 0.375. The lowest BCUT2D eigenvalue weighted by Gasteiger charge is -2.23. The Bertz CT molecular complexity index is 296. The second-order valence-electron chi connectivity index (χ2n) is 3.57. The monoisotopic (exact) mass is 203 g/mol. The smallest absolute Gasteiger partial charge is 0.0146 e. The van der Waals surface area contributed by atoms with Gasteiger partial charge in [0.25, 0.3) is 0 Å². The molecule has 0 saturated heterocycles. The van der Waals surface area contributed by atoms with Gasteiger partial charge in [0.2, 0.25) is 0 Å². The number of allylic oxidation sites excluding steroid dienone is 1. The summed E-state index contributed by atoms with van der Waals surface area (Å²) >= 11 is 0. The molecule has 1 heteroatoms. The van der Waals surface area contributed by atoms with Crippen molar-refractivity contribution in [3.8, 4) is 0 Å². The highest BCUT2D eigenvalue weighted by Gasteiger charge is 2.02. The van der Waals surface area contributed by atoms with Crippen LogP contribution >= 0.6 is 0 Å². The summed E-state index contributed by atoms with van der Waals surface area (Å²) in [6.45, 7) is 8.80. The van der Waals surface area contributed by atoms with Crippen molar-refractivity contribution in [3.63, 3.8) is 0 Å². The first kappa shape index (κ1) is 11.8. The van der Waals surface area contributed by atoms with Gasteiger partial charge in [-0.05, 0) is 31.9 Å². The van der Waals surface area contributed by atoms with E-state index in [4.69, 9.17) is 0 Å². The van der Waals surface area contributed by atoms with E-state index < -0.39 is 0 Å². The molecule has 1 aromatic carbocycles. The predicted octanol–water partition coefficient (Wildman–Crippen LogP) is 3.78. The lowest BCUT2D eigenvalue weighted by atomic mass is 10.1. The molecule has 0 heterocycles. The summed E-state index contributed by atoms with van der Waals surface area (Å²) in [6.07, 6.45) is 3.38. The van der Waals surface area contributed by atoms with E-state index in [1.807, 2.05) is 0 Å². The Kier molecular flexibility index (Phi) is 4.96. The molecule has 0 aromatic heterocycles. The van der Waals surface area contributed by atoms with Gasteiger partial charge in [-0.15, -0.1) is 0 Å². The van der Waals surface area contributed by atoms with Crippen LogP contribution in [-0.2, 0) is 0 Å². The molecule has 1 nitrogen and oxygen atoms in total. The molecule has 0 atom stereocenters. The maximum atomic E-state index is 2.41.